The maximum absolute atomic E-state index is 6.05. The van der Waals surface area contributed by atoms with E-state index in [1.54, 1.807) is 0 Å². The Labute approximate surface area is 119 Å². The van der Waals surface area contributed by atoms with Gasteiger partial charge in [0.15, 0.2) is 0 Å². The van der Waals surface area contributed by atoms with Crippen LogP contribution in [-0.4, -0.2) is 7.05 Å². The van der Waals surface area contributed by atoms with Crippen LogP contribution in [0.25, 0.3) is 10.8 Å². The van der Waals surface area contributed by atoms with Crippen LogP contribution in [0.1, 0.15) is 5.56 Å². The highest BCUT2D eigenvalue weighted by Crippen LogP contribution is 2.29. The fourth-order valence-corrected chi connectivity index (χ4v) is 2.33. The molecule has 0 aliphatic heterocycles. The van der Waals surface area contributed by atoms with Gasteiger partial charge in [0.05, 0.1) is 0 Å². The van der Waals surface area contributed by atoms with E-state index in [-0.39, 0.29) is 0 Å². The number of fused-ring (bicyclic) bond motifs is 1. The number of hydrogen-bond acceptors (Lipinski definition) is 2. The average molecular weight is 263 g/mol. The predicted octanol–water partition coefficient (Wildman–Crippen LogP) is 4.35. The van der Waals surface area contributed by atoms with Crippen LogP contribution in [-0.2, 0) is 6.54 Å². The first kappa shape index (κ1) is 12.7. The number of nitrogens with one attached hydrogen (secondary N) is 1. The van der Waals surface area contributed by atoms with Crippen LogP contribution in [0.5, 0.6) is 11.5 Å². The topological polar surface area (TPSA) is 21.3 Å². The Morgan fingerprint density at radius 3 is 2.60 bits per heavy atom. The minimum absolute atomic E-state index is 0.840. The molecular formula is C18H17NO. The molecule has 0 aliphatic carbocycles. The van der Waals surface area contributed by atoms with Crippen molar-refractivity contribution >= 4 is 10.8 Å². The van der Waals surface area contributed by atoms with Gasteiger partial charge in [-0.05, 0) is 36.2 Å². The third kappa shape index (κ3) is 2.65. The molecule has 0 radical (unpaired) electrons. The molecule has 0 bridgehead atoms. The normalized spacial score (nSPS) is 10.7. The van der Waals surface area contributed by atoms with Crippen molar-refractivity contribution in [3.8, 4) is 11.5 Å². The fourth-order valence-electron chi connectivity index (χ4n) is 2.33. The van der Waals surface area contributed by atoms with Gasteiger partial charge in [-0.3, -0.25) is 0 Å². The van der Waals surface area contributed by atoms with E-state index in [4.69, 9.17) is 4.74 Å². The highest BCUT2D eigenvalue weighted by atomic mass is 16.5. The Bertz CT molecular complexity index is 716. The van der Waals surface area contributed by atoms with Gasteiger partial charge in [0.2, 0.25) is 0 Å². The highest BCUT2D eigenvalue weighted by Gasteiger charge is 2.03. The Morgan fingerprint density at radius 2 is 1.70 bits per heavy atom. The molecule has 0 unspecified atom stereocenters. The number of rotatable bonds is 4. The van der Waals surface area contributed by atoms with Gasteiger partial charge < -0.3 is 10.1 Å². The molecule has 0 heterocycles. The summed E-state index contributed by atoms with van der Waals surface area (Å²) in [5, 5.41) is 5.47. The molecule has 0 spiro atoms. The minimum Gasteiger partial charge on any atom is -0.457 e. The second-order valence-corrected chi connectivity index (χ2v) is 4.76. The summed E-state index contributed by atoms with van der Waals surface area (Å²) in [5.74, 6) is 1.76. The molecule has 3 aromatic rings. The maximum atomic E-state index is 6.05. The first-order chi connectivity index (χ1) is 9.86. The van der Waals surface area contributed by atoms with Gasteiger partial charge in [-0.15, -0.1) is 0 Å². The summed E-state index contributed by atoms with van der Waals surface area (Å²) < 4.78 is 6.05. The zero-order valence-corrected chi connectivity index (χ0v) is 11.5. The van der Waals surface area contributed by atoms with E-state index < -0.39 is 0 Å². The summed E-state index contributed by atoms with van der Waals surface area (Å²) in [6, 6.07) is 22.6. The molecule has 0 amide bonds. The smallest absolute Gasteiger partial charge is 0.135 e. The molecule has 3 rings (SSSR count). The van der Waals surface area contributed by atoms with Crippen molar-refractivity contribution in [1.29, 1.82) is 0 Å². The number of benzene rings is 3. The van der Waals surface area contributed by atoms with Crippen LogP contribution in [0.3, 0.4) is 0 Å². The molecule has 2 heteroatoms. The average Bonchev–Trinajstić information content (AvgIpc) is 2.48. The summed E-state index contributed by atoms with van der Waals surface area (Å²) in [4.78, 5) is 0. The molecule has 0 atom stereocenters. The Kier molecular flexibility index (Phi) is 3.66. The van der Waals surface area contributed by atoms with Crippen LogP contribution < -0.4 is 10.1 Å². The lowest BCUT2D eigenvalue weighted by atomic mass is 10.1. The molecule has 0 aromatic heterocycles. The van der Waals surface area contributed by atoms with E-state index in [9.17, 15) is 0 Å². The summed E-state index contributed by atoms with van der Waals surface area (Å²) in [6.07, 6.45) is 0. The lowest BCUT2D eigenvalue weighted by molar-refractivity contribution is 0.487. The molecule has 0 saturated carbocycles. The van der Waals surface area contributed by atoms with Crippen molar-refractivity contribution in [1.82, 2.24) is 5.32 Å². The largest absolute Gasteiger partial charge is 0.457 e. The first-order valence-corrected chi connectivity index (χ1v) is 6.76. The van der Waals surface area contributed by atoms with E-state index in [0.717, 1.165) is 23.4 Å². The van der Waals surface area contributed by atoms with E-state index in [2.05, 4.69) is 35.6 Å². The predicted molar refractivity (Wildman–Crippen MR) is 83.2 cm³/mol. The Morgan fingerprint density at radius 1 is 0.900 bits per heavy atom. The van der Waals surface area contributed by atoms with Crippen molar-refractivity contribution in [2.24, 2.45) is 0 Å². The molecule has 3 aromatic carbocycles. The minimum atomic E-state index is 0.840. The summed E-state index contributed by atoms with van der Waals surface area (Å²) >= 11 is 0. The SMILES string of the molecule is CNCc1cccc(Oc2cccc3ccccc23)c1. The molecule has 1 N–H and O–H groups in total. The van der Waals surface area contributed by atoms with Crippen LogP contribution in [0.4, 0.5) is 0 Å². The lowest BCUT2D eigenvalue weighted by Crippen LogP contribution is -2.04. The number of ether oxygens (including phenoxy) is 1. The summed E-state index contributed by atoms with van der Waals surface area (Å²) in [5.41, 5.74) is 1.21. The zero-order chi connectivity index (χ0) is 13.8. The van der Waals surface area contributed by atoms with Gasteiger partial charge in [-0.1, -0.05) is 48.5 Å². The van der Waals surface area contributed by atoms with Gasteiger partial charge in [0, 0.05) is 11.9 Å². The van der Waals surface area contributed by atoms with E-state index in [1.165, 1.54) is 10.9 Å². The first-order valence-electron chi connectivity index (χ1n) is 6.76. The van der Waals surface area contributed by atoms with Gasteiger partial charge in [-0.25, -0.2) is 0 Å². The standard InChI is InChI=1S/C18H17NO/c1-19-13-14-6-4-9-16(12-14)20-18-11-5-8-15-7-2-3-10-17(15)18/h2-12,19H,13H2,1H3. The van der Waals surface area contributed by atoms with E-state index >= 15 is 0 Å². The molecule has 20 heavy (non-hydrogen) atoms. The van der Waals surface area contributed by atoms with Crippen molar-refractivity contribution in [2.45, 2.75) is 6.54 Å². The van der Waals surface area contributed by atoms with Gasteiger partial charge in [0.1, 0.15) is 11.5 Å². The zero-order valence-electron chi connectivity index (χ0n) is 11.5. The van der Waals surface area contributed by atoms with Crippen LogP contribution >= 0.6 is 0 Å². The van der Waals surface area contributed by atoms with Gasteiger partial charge in [0.25, 0.3) is 0 Å². The van der Waals surface area contributed by atoms with Crippen molar-refractivity contribution in [2.75, 3.05) is 7.05 Å². The fraction of sp³-hybridized carbons (Fsp3) is 0.111. The second-order valence-electron chi connectivity index (χ2n) is 4.76. The molecular weight excluding hydrogens is 246 g/mol. The van der Waals surface area contributed by atoms with E-state index in [0.29, 0.717) is 0 Å². The summed E-state index contributed by atoms with van der Waals surface area (Å²) in [6.45, 7) is 0.840. The van der Waals surface area contributed by atoms with Crippen LogP contribution in [0.15, 0.2) is 66.7 Å². The maximum Gasteiger partial charge on any atom is 0.135 e. The molecule has 100 valence electrons. The van der Waals surface area contributed by atoms with Crippen LogP contribution in [0.2, 0.25) is 0 Å². The van der Waals surface area contributed by atoms with Crippen LogP contribution in [0, 0.1) is 0 Å². The Balaban J connectivity index is 1.95. The van der Waals surface area contributed by atoms with Crippen molar-refractivity contribution < 1.29 is 4.74 Å². The van der Waals surface area contributed by atoms with Gasteiger partial charge >= 0.3 is 0 Å². The monoisotopic (exact) mass is 263 g/mol. The number of hydrogen-bond donors (Lipinski definition) is 1. The van der Waals surface area contributed by atoms with Gasteiger partial charge in [-0.2, -0.15) is 0 Å². The third-order valence-electron chi connectivity index (χ3n) is 3.26. The molecule has 0 saturated heterocycles. The lowest BCUT2D eigenvalue weighted by Gasteiger charge is -2.10. The van der Waals surface area contributed by atoms with Crippen molar-refractivity contribution in [3.63, 3.8) is 0 Å². The third-order valence-corrected chi connectivity index (χ3v) is 3.26. The highest BCUT2D eigenvalue weighted by molar-refractivity contribution is 5.88. The molecule has 0 aliphatic rings. The second kappa shape index (κ2) is 5.76. The summed E-state index contributed by atoms with van der Waals surface area (Å²) in [7, 11) is 1.94. The van der Waals surface area contributed by atoms with Crippen molar-refractivity contribution in [3.05, 3.63) is 72.3 Å². The van der Waals surface area contributed by atoms with E-state index in [1.807, 2.05) is 43.4 Å². The quantitative estimate of drug-likeness (QED) is 0.755. The molecule has 0 fully saturated rings. The molecule has 2 nitrogen and oxygen atoms in total. The Hall–Kier alpha value is -2.32.